The van der Waals surface area contributed by atoms with Crippen LogP contribution in [0, 0.1) is 5.92 Å². The molecule has 66 valence electrons. The van der Waals surface area contributed by atoms with Gasteiger partial charge in [-0.15, -0.1) is 0 Å². The summed E-state index contributed by atoms with van der Waals surface area (Å²) in [7, 11) is 0. The summed E-state index contributed by atoms with van der Waals surface area (Å²) in [5, 5.41) is 12.7. The fourth-order valence-electron chi connectivity index (χ4n) is 1.34. The van der Waals surface area contributed by atoms with E-state index in [-0.39, 0.29) is 4.87 Å². The van der Waals surface area contributed by atoms with E-state index in [1.165, 1.54) is 12.8 Å². The fourth-order valence-corrected chi connectivity index (χ4v) is 2.32. The Labute approximate surface area is 75.9 Å². The molecule has 0 aromatic rings. The fraction of sp³-hybridized carbons (Fsp3) is 0.750. The van der Waals surface area contributed by atoms with Crippen LogP contribution in [-0.2, 0) is 0 Å². The topological polar surface area (TPSA) is 45.0 Å². The van der Waals surface area contributed by atoms with E-state index in [4.69, 9.17) is 5.21 Å². The molecule has 0 saturated heterocycles. The predicted molar refractivity (Wildman–Crippen MR) is 51.1 cm³/mol. The Kier molecular flexibility index (Phi) is 1.68. The summed E-state index contributed by atoms with van der Waals surface area (Å²) < 4.78 is 0. The van der Waals surface area contributed by atoms with Crippen LogP contribution in [0.4, 0.5) is 0 Å². The summed E-state index contributed by atoms with van der Waals surface area (Å²) in [6, 6.07) is 0. The Bertz CT molecular complexity index is 266. The first kappa shape index (κ1) is 8.10. The predicted octanol–water partition coefficient (Wildman–Crippen LogP) is 2.11. The van der Waals surface area contributed by atoms with Gasteiger partial charge in [-0.05, 0) is 26.7 Å². The molecule has 0 aromatic carbocycles. The highest BCUT2D eigenvalue weighted by molar-refractivity contribution is 8.17. The average molecular weight is 184 g/mol. The average Bonchev–Trinajstić information content (AvgIpc) is 2.76. The zero-order valence-corrected chi connectivity index (χ0v) is 8.06. The second kappa shape index (κ2) is 2.49. The van der Waals surface area contributed by atoms with Crippen LogP contribution < -0.4 is 0 Å². The van der Waals surface area contributed by atoms with E-state index >= 15 is 0 Å². The molecule has 1 saturated carbocycles. The third kappa shape index (κ3) is 1.35. The van der Waals surface area contributed by atoms with Crippen molar-refractivity contribution >= 4 is 22.5 Å². The van der Waals surface area contributed by atoms with Crippen molar-refractivity contribution in [3.63, 3.8) is 0 Å². The Hall–Kier alpha value is -0.510. The molecular formula is C8H12N2OS. The highest BCUT2D eigenvalue weighted by Gasteiger charge is 2.39. The molecule has 0 bridgehead atoms. The van der Waals surface area contributed by atoms with E-state index in [1.807, 2.05) is 13.8 Å². The van der Waals surface area contributed by atoms with Crippen molar-refractivity contribution in [2.45, 2.75) is 31.6 Å². The van der Waals surface area contributed by atoms with E-state index in [1.54, 1.807) is 11.8 Å². The molecular weight excluding hydrogens is 172 g/mol. The summed E-state index contributed by atoms with van der Waals surface area (Å²) in [5.41, 5.74) is 1.02. The lowest BCUT2D eigenvalue weighted by Crippen LogP contribution is -2.07. The number of aliphatic imine (C=N–C) groups is 1. The quantitative estimate of drug-likeness (QED) is 0.501. The van der Waals surface area contributed by atoms with Gasteiger partial charge in [0.25, 0.3) is 0 Å². The maximum atomic E-state index is 8.73. The lowest BCUT2D eigenvalue weighted by atomic mass is 10.2. The highest BCUT2D eigenvalue weighted by atomic mass is 32.2. The molecule has 2 aliphatic rings. The SMILES string of the molecule is CC1(C)N=C(C2CC2)C(=NO)S1. The molecule has 1 fully saturated rings. The minimum Gasteiger partial charge on any atom is -0.410 e. The largest absolute Gasteiger partial charge is 0.410 e. The standard InChI is InChI=1S/C8H12N2OS/c1-8(2)9-6(5-3-4-5)7(10-11)12-8/h5,11H,3-4H2,1-2H3. The molecule has 1 N–H and O–H groups in total. The molecule has 0 radical (unpaired) electrons. The summed E-state index contributed by atoms with van der Waals surface area (Å²) in [6.45, 7) is 4.08. The molecule has 1 aliphatic carbocycles. The summed E-state index contributed by atoms with van der Waals surface area (Å²) in [5.74, 6) is 0.574. The van der Waals surface area contributed by atoms with Crippen molar-refractivity contribution in [2.24, 2.45) is 16.1 Å². The summed E-state index contributed by atoms with van der Waals surface area (Å²) >= 11 is 1.54. The number of hydrogen-bond donors (Lipinski definition) is 1. The first-order valence-corrected chi connectivity index (χ1v) is 4.95. The van der Waals surface area contributed by atoms with Crippen molar-refractivity contribution in [2.75, 3.05) is 0 Å². The van der Waals surface area contributed by atoms with Gasteiger partial charge in [-0.1, -0.05) is 16.9 Å². The van der Waals surface area contributed by atoms with Gasteiger partial charge in [0, 0.05) is 5.92 Å². The van der Waals surface area contributed by atoms with E-state index in [0.717, 1.165) is 10.8 Å². The zero-order chi connectivity index (χ0) is 8.77. The van der Waals surface area contributed by atoms with Crippen molar-refractivity contribution in [3.8, 4) is 0 Å². The van der Waals surface area contributed by atoms with Crippen LogP contribution in [0.2, 0.25) is 0 Å². The molecule has 0 spiro atoms. The number of hydrogen-bond acceptors (Lipinski definition) is 4. The monoisotopic (exact) mass is 184 g/mol. The maximum Gasteiger partial charge on any atom is 0.159 e. The molecule has 1 heterocycles. The number of rotatable bonds is 1. The van der Waals surface area contributed by atoms with Crippen LogP contribution in [0.5, 0.6) is 0 Å². The van der Waals surface area contributed by atoms with Crippen molar-refractivity contribution in [1.29, 1.82) is 0 Å². The summed E-state index contributed by atoms with van der Waals surface area (Å²) in [4.78, 5) is 4.40. The second-order valence-corrected chi connectivity index (χ2v) is 5.32. The van der Waals surface area contributed by atoms with Crippen LogP contribution >= 0.6 is 11.8 Å². The van der Waals surface area contributed by atoms with Gasteiger partial charge in [0.15, 0.2) is 5.04 Å². The van der Waals surface area contributed by atoms with Gasteiger partial charge in [-0.25, -0.2) is 0 Å². The van der Waals surface area contributed by atoms with Crippen LogP contribution in [0.25, 0.3) is 0 Å². The lowest BCUT2D eigenvalue weighted by molar-refractivity contribution is 0.321. The molecule has 0 unspecified atom stereocenters. The number of thioether (sulfide) groups is 1. The molecule has 0 aromatic heterocycles. The zero-order valence-electron chi connectivity index (χ0n) is 7.24. The van der Waals surface area contributed by atoms with Crippen molar-refractivity contribution < 1.29 is 5.21 Å². The summed E-state index contributed by atoms with van der Waals surface area (Å²) in [6.07, 6.45) is 2.41. The van der Waals surface area contributed by atoms with E-state index < -0.39 is 0 Å². The molecule has 0 amide bonds. The second-order valence-electron chi connectivity index (χ2n) is 3.73. The smallest absolute Gasteiger partial charge is 0.159 e. The molecule has 0 atom stereocenters. The van der Waals surface area contributed by atoms with Gasteiger partial charge in [-0.2, -0.15) is 0 Å². The van der Waals surface area contributed by atoms with Gasteiger partial charge in [0.05, 0.1) is 5.71 Å². The molecule has 2 rings (SSSR count). The van der Waals surface area contributed by atoms with Crippen LogP contribution in [0.3, 0.4) is 0 Å². The minimum absolute atomic E-state index is 0.126. The van der Waals surface area contributed by atoms with Crippen molar-refractivity contribution in [1.82, 2.24) is 0 Å². The van der Waals surface area contributed by atoms with Gasteiger partial charge >= 0.3 is 0 Å². The number of oxime groups is 1. The molecule has 3 nitrogen and oxygen atoms in total. The third-order valence-corrected chi connectivity index (χ3v) is 3.09. The van der Waals surface area contributed by atoms with Crippen LogP contribution in [0.15, 0.2) is 10.1 Å². The van der Waals surface area contributed by atoms with Gasteiger partial charge in [-0.3, -0.25) is 4.99 Å². The van der Waals surface area contributed by atoms with Crippen LogP contribution in [0.1, 0.15) is 26.7 Å². The molecule has 12 heavy (non-hydrogen) atoms. The normalized spacial score (nSPS) is 30.8. The van der Waals surface area contributed by atoms with Gasteiger partial charge < -0.3 is 5.21 Å². The van der Waals surface area contributed by atoms with E-state index in [2.05, 4.69) is 10.1 Å². The maximum absolute atomic E-state index is 8.73. The van der Waals surface area contributed by atoms with E-state index in [0.29, 0.717) is 5.92 Å². The minimum atomic E-state index is -0.126. The van der Waals surface area contributed by atoms with Crippen molar-refractivity contribution in [3.05, 3.63) is 0 Å². The molecule has 4 heteroatoms. The Morgan fingerprint density at radius 3 is 2.75 bits per heavy atom. The van der Waals surface area contributed by atoms with Gasteiger partial charge in [0.2, 0.25) is 0 Å². The number of nitrogens with zero attached hydrogens (tertiary/aromatic N) is 2. The molecule has 1 aliphatic heterocycles. The Balaban J connectivity index is 2.27. The van der Waals surface area contributed by atoms with Gasteiger partial charge in [0.1, 0.15) is 4.87 Å². The lowest BCUT2D eigenvalue weighted by Gasteiger charge is -2.09. The first-order chi connectivity index (χ1) is 5.62. The third-order valence-electron chi connectivity index (χ3n) is 2.01. The van der Waals surface area contributed by atoms with Crippen LogP contribution in [-0.4, -0.2) is 20.8 Å². The Morgan fingerprint density at radius 2 is 2.25 bits per heavy atom. The first-order valence-electron chi connectivity index (χ1n) is 4.13. The Morgan fingerprint density at radius 1 is 1.58 bits per heavy atom. The van der Waals surface area contributed by atoms with E-state index in [9.17, 15) is 0 Å². The highest BCUT2D eigenvalue weighted by Crippen LogP contribution is 2.42.